The second kappa shape index (κ2) is 7.25. The summed E-state index contributed by atoms with van der Waals surface area (Å²) in [6, 6.07) is 9.36. The zero-order valence-electron chi connectivity index (χ0n) is 11.4. The van der Waals surface area contributed by atoms with Crippen LogP contribution in [0.25, 0.3) is 0 Å². The Hall–Kier alpha value is -1.61. The van der Waals surface area contributed by atoms with Crippen molar-refractivity contribution in [3.8, 4) is 11.8 Å². The monoisotopic (exact) mass is 276 g/mol. The van der Waals surface area contributed by atoms with Gasteiger partial charge in [-0.05, 0) is 37.1 Å². The maximum Gasteiger partial charge on any atom is 0.119 e. The van der Waals surface area contributed by atoms with E-state index in [2.05, 4.69) is 4.90 Å². The summed E-state index contributed by atoms with van der Waals surface area (Å²) >= 11 is 0. The van der Waals surface area contributed by atoms with Crippen molar-refractivity contribution in [1.29, 1.82) is 5.26 Å². The molecule has 20 heavy (non-hydrogen) atoms. The Labute approximate surface area is 119 Å². The van der Waals surface area contributed by atoms with Crippen LogP contribution in [0.5, 0.6) is 5.75 Å². The Morgan fingerprint density at radius 1 is 1.35 bits per heavy atom. The number of aliphatic hydroxyl groups excluding tert-OH is 2. The molecule has 1 aromatic rings. The quantitative estimate of drug-likeness (QED) is 0.733. The molecule has 1 aliphatic rings. The predicted molar refractivity (Wildman–Crippen MR) is 74.3 cm³/mol. The first-order valence-corrected chi connectivity index (χ1v) is 6.89. The van der Waals surface area contributed by atoms with Crippen LogP contribution in [0.4, 0.5) is 0 Å². The zero-order chi connectivity index (χ0) is 14.4. The van der Waals surface area contributed by atoms with E-state index < -0.39 is 6.10 Å². The number of benzene rings is 1. The lowest BCUT2D eigenvalue weighted by Crippen LogP contribution is -2.38. The van der Waals surface area contributed by atoms with Crippen molar-refractivity contribution in [2.24, 2.45) is 0 Å². The van der Waals surface area contributed by atoms with Crippen molar-refractivity contribution in [1.82, 2.24) is 4.90 Å². The maximum absolute atomic E-state index is 9.98. The third-order valence-electron chi connectivity index (χ3n) is 3.32. The van der Waals surface area contributed by atoms with Gasteiger partial charge in [0.1, 0.15) is 18.5 Å². The molecule has 1 aromatic carbocycles. The van der Waals surface area contributed by atoms with Gasteiger partial charge in [0.15, 0.2) is 0 Å². The molecule has 1 fully saturated rings. The fourth-order valence-electron chi connectivity index (χ4n) is 2.13. The first-order chi connectivity index (χ1) is 9.72. The van der Waals surface area contributed by atoms with Crippen LogP contribution < -0.4 is 4.74 Å². The number of nitrogens with zero attached hydrogens (tertiary/aromatic N) is 2. The molecule has 0 bridgehead atoms. The zero-order valence-corrected chi connectivity index (χ0v) is 11.4. The van der Waals surface area contributed by atoms with Gasteiger partial charge in [-0.3, -0.25) is 4.90 Å². The van der Waals surface area contributed by atoms with Gasteiger partial charge in [-0.2, -0.15) is 5.26 Å². The largest absolute Gasteiger partial charge is 0.491 e. The number of ether oxygens (including phenoxy) is 1. The second-order valence-corrected chi connectivity index (χ2v) is 5.05. The van der Waals surface area contributed by atoms with Gasteiger partial charge in [0.25, 0.3) is 0 Å². The fraction of sp³-hybridized carbons (Fsp3) is 0.533. The minimum Gasteiger partial charge on any atom is -0.491 e. The average Bonchev–Trinajstić information content (AvgIpc) is 3.30. The van der Waals surface area contributed by atoms with Gasteiger partial charge in [-0.15, -0.1) is 0 Å². The highest BCUT2D eigenvalue weighted by molar-refractivity contribution is 5.34. The molecule has 1 aliphatic carbocycles. The van der Waals surface area contributed by atoms with Crippen LogP contribution in [0.2, 0.25) is 0 Å². The molecule has 5 nitrogen and oxygen atoms in total. The number of nitriles is 1. The summed E-state index contributed by atoms with van der Waals surface area (Å²) in [6.07, 6.45) is 1.70. The van der Waals surface area contributed by atoms with Crippen LogP contribution in [-0.2, 0) is 0 Å². The minimum absolute atomic E-state index is 0.111. The highest BCUT2D eigenvalue weighted by atomic mass is 16.5. The topological polar surface area (TPSA) is 76.7 Å². The van der Waals surface area contributed by atoms with Gasteiger partial charge >= 0.3 is 0 Å². The van der Waals surface area contributed by atoms with Gasteiger partial charge in [0.2, 0.25) is 0 Å². The molecule has 0 heterocycles. The van der Waals surface area contributed by atoms with Crippen LogP contribution in [0, 0.1) is 11.3 Å². The summed E-state index contributed by atoms with van der Waals surface area (Å²) in [4.78, 5) is 2.10. The second-order valence-electron chi connectivity index (χ2n) is 5.05. The van der Waals surface area contributed by atoms with Gasteiger partial charge in [-0.25, -0.2) is 0 Å². The smallest absolute Gasteiger partial charge is 0.119 e. The van der Waals surface area contributed by atoms with Gasteiger partial charge in [-0.1, -0.05) is 0 Å². The molecule has 0 radical (unpaired) electrons. The third kappa shape index (κ3) is 4.49. The lowest BCUT2D eigenvalue weighted by Gasteiger charge is -2.24. The molecule has 1 atom stereocenters. The van der Waals surface area contributed by atoms with Gasteiger partial charge < -0.3 is 14.9 Å². The van der Waals surface area contributed by atoms with Crippen LogP contribution in [-0.4, -0.2) is 53.6 Å². The van der Waals surface area contributed by atoms with Crippen LogP contribution in [0.1, 0.15) is 18.4 Å². The molecule has 1 saturated carbocycles. The van der Waals surface area contributed by atoms with Crippen LogP contribution in [0.15, 0.2) is 24.3 Å². The van der Waals surface area contributed by atoms with Crippen LogP contribution >= 0.6 is 0 Å². The summed E-state index contributed by atoms with van der Waals surface area (Å²) in [6.45, 7) is 1.43. The molecule has 2 rings (SSSR count). The Balaban J connectivity index is 1.75. The lowest BCUT2D eigenvalue weighted by atomic mass is 10.2. The molecule has 0 saturated heterocycles. The number of rotatable bonds is 8. The molecule has 2 N–H and O–H groups in total. The van der Waals surface area contributed by atoms with Crippen molar-refractivity contribution in [2.75, 3.05) is 26.3 Å². The summed E-state index contributed by atoms with van der Waals surface area (Å²) in [7, 11) is 0. The van der Waals surface area contributed by atoms with Crippen molar-refractivity contribution >= 4 is 0 Å². The Bertz CT molecular complexity index is 451. The van der Waals surface area contributed by atoms with Crippen molar-refractivity contribution in [3.63, 3.8) is 0 Å². The molecule has 0 spiro atoms. The number of aliphatic hydroxyl groups is 2. The average molecular weight is 276 g/mol. The molecule has 0 aromatic heterocycles. The van der Waals surface area contributed by atoms with Crippen molar-refractivity contribution < 1.29 is 14.9 Å². The Kier molecular flexibility index (Phi) is 5.36. The summed E-state index contributed by atoms with van der Waals surface area (Å²) in [5.41, 5.74) is 0.584. The van der Waals surface area contributed by atoms with E-state index in [-0.39, 0.29) is 13.2 Å². The molecule has 5 heteroatoms. The summed E-state index contributed by atoms with van der Waals surface area (Å²) in [5, 5.41) is 27.7. The van der Waals surface area contributed by atoms with E-state index in [0.29, 0.717) is 30.4 Å². The van der Waals surface area contributed by atoms with Crippen LogP contribution in [0.3, 0.4) is 0 Å². The third-order valence-corrected chi connectivity index (χ3v) is 3.32. The highest BCUT2D eigenvalue weighted by Gasteiger charge is 2.29. The number of hydrogen-bond donors (Lipinski definition) is 2. The highest BCUT2D eigenvalue weighted by Crippen LogP contribution is 2.26. The summed E-state index contributed by atoms with van der Waals surface area (Å²) in [5.74, 6) is 0.642. The van der Waals surface area contributed by atoms with E-state index in [9.17, 15) is 5.11 Å². The van der Waals surface area contributed by atoms with Gasteiger partial charge in [0, 0.05) is 19.1 Å². The molecule has 0 amide bonds. The van der Waals surface area contributed by atoms with Crippen molar-refractivity contribution in [2.45, 2.75) is 25.0 Å². The fourth-order valence-corrected chi connectivity index (χ4v) is 2.13. The predicted octanol–water partition coefficient (Wildman–Crippen LogP) is 0.755. The normalized spacial score (nSPS) is 15.9. The Morgan fingerprint density at radius 2 is 2.05 bits per heavy atom. The summed E-state index contributed by atoms with van der Waals surface area (Å²) < 4.78 is 5.50. The van der Waals surface area contributed by atoms with E-state index >= 15 is 0 Å². The molecule has 0 aliphatic heterocycles. The maximum atomic E-state index is 9.98. The molecular weight excluding hydrogens is 256 g/mol. The Morgan fingerprint density at radius 3 is 2.60 bits per heavy atom. The SMILES string of the molecule is N#Cc1ccc(OCC(O)CN(CCO)C2CC2)cc1. The first kappa shape index (κ1) is 14.8. The van der Waals surface area contributed by atoms with E-state index in [1.807, 2.05) is 6.07 Å². The van der Waals surface area contributed by atoms with Gasteiger partial charge in [0.05, 0.1) is 18.2 Å². The molecular formula is C15H20N2O3. The van der Waals surface area contributed by atoms with E-state index in [0.717, 1.165) is 12.8 Å². The standard InChI is InChI=1S/C15H20N2O3/c16-9-12-1-5-15(6-2-12)20-11-14(19)10-17(7-8-18)13-3-4-13/h1-2,5-6,13-14,18-19H,3-4,7-8,10-11H2. The minimum atomic E-state index is -0.585. The van der Waals surface area contributed by atoms with E-state index in [1.54, 1.807) is 24.3 Å². The van der Waals surface area contributed by atoms with E-state index in [4.69, 9.17) is 15.1 Å². The molecule has 1 unspecified atom stereocenters. The van der Waals surface area contributed by atoms with Crippen molar-refractivity contribution in [3.05, 3.63) is 29.8 Å². The van der Waals surface area contributed by atoms with E-state index in [1.165, 1.54) is 0 Å². The lowest BCUT2D eigenvalue weighted by molar-refractivity contribution is 0.0588. The molecule has 108 valence electrons. The first-order valence-electron chi connectivity index (χ1n) is 6.89. The number of hydrogen-bond acceptors (Lipinski definition) is 5.